The third-order valence-electron chi connectivity index (χ3n) is 2.52. The molecule has 0 fully saturated rings. The van der Waals surface area contributed by atoms with Crippen molar-refractivity contribution in [3.05, 3.63) is 41.3 Å². The van der Waals surface area contributed by atoms with E-state index in [1.165, 1.54) is 0 Å². The molecule has 0 radical (unpaired) electrons. The molecule has 84 valence electrons. The summed E-state index contributed by atoms with van der Waals surface area (Å²) in [6, 6.07) is 5.98. The number of pyridine rings is 1. The molecule has 0 bridgehead atoms. The number of nitrogens with two attached hydrogens (primary N) is 1. The second-order valence-corrected chi connectivity index (χ2v) is 4.08. The van der Waals surface area contributed by atoms with Gasteiger partial charge in [0, 0.05) is 17.9 Å². The maximum atomic E-state index is 5.77. The molecule has 2 heterocycles. The highest BCUT2D eigenvalue weighted by Crippen LogP contribution is 2.12. The van der Waals surface area contributed by atoms with Gasteiger partial charge in [-0.05, 0) is 38.5 Å². The molecule has 0 spiro atoms. The Morgan fingerprint density at radius 3 is 2.50 bits per heavy atom. The minimum Gasteiger partial charge on any atom is -0.324 e. The van der Waals surface area contributed by atoms with E-state index in [0.29, 0.717) is 0 Å². The topological polar surface area (TPSA) is 56.7 Å². The molecular weight excluding hydrogens is 200 g/mol. The lowest BCUT2D eigenvalue weighted by atomic mass is 10.1. The molecule has 2 aromatic rings. The highest BCUT2D eigenvalue weighted by Gasteiger charge is 2.05. The third-order valence-corrected chi connectivity index (χ3v) is 2.52. The van der Waals surface area contributed by atoms with E-state index in [-0.39, 0.29) is 6.04 Å². The fourth-order valence-electron chi connectivity index (χ4n) is 1.65. The highest BCUT2D eigenvalue weighted by molar-refractivity contribution is 5.28. The van der Waals surface area contributed by atoms with Gasteiger partial charge >= 0.3 is 0 Å². The minimum atomic E-state index is 0.0157. The molecule has 0 aliphatic heterocycles. The molecule has 0 amide bonds. The van der Waals surface area contributed by atoms with E-state index in [1.54, 1.807) is 6.20 Å². The number of nitrogens with zero attached hydrogens (tertiary/aromatic N) is 3. The summed E-state index contributed by atoms with van der Waals surface area (Å²) < 4.78 is 1.83. The molecule has 1 unspecified atom stereocenters. The van der Waals surface area contributed by atoms with Gasteiger partial charge in [0.05, 0.1) is 5.69 Å². The number of hydrogen-bond donors (Lipinski definition) is 1. The summed E-state index contributed by atoms with van der Waals surface area (Å²) in [4.78, 5) is 4.36. The van der Waals surface area contributed by atoms with Crippen LogP contribution in [-0.2, 0) is 0 Å². The van der Waals surface area contributed by atoms with Gasteiger partial charge in [0.1, 0.15) is 0 Å². The van der Waals surface area contributed by atoms with Crippen molar-refractivity contribution in [1.29, 1.82) is 0 Å². The highest BCUT2D eigenvalue weighted by atomic mass is 15.3. The molecule has 0 aliphatic rings. The van der Waals surface area contributed by atoms with E-state index >= 15 is 0 Å². The number of rotatable bonds is 2. The van der Waals surface area contributed by atoms with E-state index in [2.05, 4.69) is 10.1 Å². The lowest BCUT2D eigenvalue weighted by molar-refractivity contribution is 0.783. The van der Waals surface area contributed by atoms with Crippen LogP contribution in [0, 0.1) is 13.8 Å². The first-order chi connectivity index (χ1) is 7.58. The van der Waals surface area contributed by atoms with Crippen LogP contribution in [0.3, 0.4) is 0 Å². The molecule has 4 nitrogen and oxygen atoms in total. The average molecular weight is 216 g/mol. The smallest absolute Gasteiger partial charge is 0.153 e. The number of hydrogen-bond acceptors (Lipinski definition) is 3. The van der Waals surface area contributed by atoms with Crippen LogP contribution in [0.1, 0.15) is 29.9 Å². The minimum absolute atomic E-state index is 0.0157. The molecule has 2 rings (SSSR count). The van der Waals surface area contributed by atoms with Crippen LogP contribution in [0.15, 0.2) is 24.4 Å². The van der Waals surface area contributed by atoms with Gasteiger partial charge in [-0.1, -0.05) is 6.07 Å². The summed E-state index contributed by atoms with van der Waals surface area (Å²) in [6.07, 6.45) is 1.80. The summed E-state index contributed by atoms with van der Waals surface area (Å²) in [5, 5.41) is 4.38. The van der Waals surface area contributed by atoms with Crippen LogP contribution in [0.2, 0.25) is 0 Å². The molecule has 2 aromatic heterocycles. The van der Waals surface area contributed by atoms with Gasteiger partial charge in [0.25, 0.3) is 0 Å². The van der Waals surface area contributed by atoms with Crippen molar-refractivity contribution >= 4 is 0 Å². The molecule has 0 aliphatic carbocycles. The van der Waals surface area contributed by atoms with Crippen LogP contribution in [0.5, 0.6) is 0 Å². The SMILES string of the molecule is Cc1cc(C)n(-c2ccc(C(C)N)cn2)n1. The fourth-order valence-corrected chi connectivity index (χ4v) is 1.65. The first kappa shape index (κ1) is 10.8. The van der Waals surface area contributed by atoms with Crippen molar-refractivity contribution in [3.63, 3.8) is 0 Å². The van der Waals surface area contributed by atoms with E-state index < -0.39 is 0 Å². The molecule has 2 N–H and O–H groups in total. The second kappa shape index (κ2) is 4.06. The molecule has 4 heteroatoms. The van der Waals surface area contributed by atoms with Gasteiger partial charge in [-0.25, -0.2) is 9.67 Å². The fraction of sp³-hybridized carbons (Fsp3) is 0.333. The summed E-state index contributed by atoms with van der Waals surface area (Å²) in [5.74, 6) is 0.829. The largest absolute Gasteiger partial charge is 0.324 e. The van der Waals surface area contributed by atoms with E-state index in [4.69, 9.17) is 5.73 Å². The average Bonchev–Trinajstić information content (AvgIpc) is 2.58. The van der Waals surface area contributed by atoms with Gasteiger partial charge in [0.2, 0.25) is 0 Å². The summed E-state index contributed by atoms with van der Waals surface area (Å²) in [5.41, 5.74) is 8.88. The Labute approximate surface area is 95.1 Å². The molecule has 16 heavy (non-hydrogen) atoms. The van der Waals surface area contributed by atoms with Crippen LogP contribution < -0.4 is 5.73 Å². The predicted molar refractivity (Wildman–Crippen MR) is 63.4 cm³/mol. The molecule has 0 saturated heterocycles. The lowest BCUT2D eigenvalue weighted by Gasteiger charge is -2.07. The quantitative estimate of drug-likeness (QED) is 0.834. The van der Waals surface area contributed by atoms with Gasteiger partial charge < -0.3 is 5.73 Å². The van der Waals surface area contributed by atoms with Crippen molar-refractivity contribution in [2.75, 3.05) is 0 Å². The van der Waals surface area contributed by atoms with Crippen LogP contribution >= 0.6 is 0 Å². The molecule has 1 atom stereocenters. The normalized spacial score (nSPS) is 12.8. The van der Waals surface area contributed by atoms with Crippen molar-refractivity contribution in [2.24, 2.45) is 5.73 Å². The Morgan fingerprint density at radius 2 is 2.06 bits per heavy atom. The molecule has 0 aromatic carbocycles. The second-order valence-electron chi connectivity index (χ2n) is 4.08. The Morgan fingerprint density at radius 1 is 1.31 bits per heavy atom. The Hall–Kier alpha value is -1.68. The van der Waals surface area contributed by atoms with Crippen molar-refractivity contribution in [1.82, 2.24) is 14.8 Å². The Bertz CT molecular complexity index is 482. The van der Waals surface area contributed by atoms with Crippen molar-refractivity contribution < 1.29 is 0 Å². The van der Waals surface area contributed by atoms with Crippen LogP contribution in [-0.4, -0.2) is 14.8 Å². The van der Waals surface area contributed by atoms with E-state index in [0.717, 1.165) is 22.8 Å². The van der Waals surface area contributed by atoms with Crippen LogP contribution in [0.4, 0.5) is 0 Å². The van der Waals surface area contributed by atoms with Gasteiger partial charge in [-0.15, -0.1) is 0 Å². The van der Waals surface area contributed by atoms with Crippen LogP contribution in [0.25, 0.3) is 5.82 Å². The van der Waals surface area contributed by atoms with E-state index in [9.17, 15) is 0 Å². The predicted octanol–water partition coefficient (Wildman–Crippen LogP) is 1.90. The molecule has 0 saturated carbocycles. The Kier molecular flexibility index (Phi) is 2.75. The van der Waals surface area contributed by atoms with Gasteiger partial charge in [-0.3, -0.25) is 0 Å². The van der Waals surface area contributed by atoms with Gasteiger partial charge in [-0.2, -0.15) is 5.10 Å². The zero-order valence-corrected chi connectivity index (χ0v) is 9.81. The first-order valence-corrected chi connectivity index (χ1v) is 5.33. The zero-order chi connectivity index (χ0) is 11.7. The monoisotopic (exact) mass is 216 g/mol. The zero-order valence-electron chi connectivity index (χ0n) is 9.81. The summed E-state index contributed by atoms with van der Waals surface area (Å²) in [6.45, 7) is 5.93. The number of aromatic nitrogens is 3. The maximum absolute atomic E-state index is 5.77. The number of aryl methyl sites for hydroxylation is 2. The first-order valence-electron chi connectivity index (χ1n) is 5.33. The standard InChI is InChI=1S/C12H16N4/c1-8-6-9(2)16(15-8)12-5-4-11(7-14-12)10(3)13/h4-7,10H,13H2,1-3H3. The maximum Gasteiger partial charge on any atom is 0.153 e. The lowest BCUT2D eigenvalue weighted by Crippen LogP contribution is -2.07. The van der Waals surface area contributed by atoms with Crippen molar-refractivity contribution in [2.45, 2.75) is 26.8 Å². The van der Waals surface area contributed by atoms with Gasteiger partial charge in [0.15, 0.2) is 5.82 Å². The molecular formula is C12H16N4. The third kappa shape index (κ3) is 1.97. The summed E-state index contributed by atoms with van der Waals surface area (Å²) >= 11 is 0. The van der Waals surface area contributed by atoms with Crippen molar-refractivity contribution in [3.8, 4) is 5.82 Å². The Balaban J connectivity index is 2.38. The summed E-state index contributed by atoms with van der Waals surface area (Å²) in [7, 11) is 0. The van der Waals surface area contributed by atoms with E-state index in [1.807, 2.05) is 43.7 Å².